The average Bonchev–Trinajstić information content (AvgIpc) is 2.39. The number of aromatic carboxylic acids is 1. The van der Waals surface area contributed by atoms with Gasteiger partial charge in [0, 0.05) is 30.3 Å². The lowest BCUT2D eigenvalue weighted by Crippen LogP contribution is -2.38. The molecule has 18 heavy (non-hydrogen) atoms. The lowest BCUT2D eigenvalue weighted by molar-refractivity contribution is 0.0697. The number of carboxylic acid groups (broad SMARTS) is 1. The largest absolute Gasteiger partial charge is 0.478 e. The molecule has 0 radical (unpaired) electrons. The summed E-state index contributed by atoms with van der Waals surface area (Å²) in [6.07, 6.45) is 2.53. The predicted octanol–water partition coefficient (Wildman–Crippen LogP) is 2.77. The molecule has 0 aliphatic carbocycles. The first-order valence-corrected chi connectivity index (χ1v) is 7.30. The van der Waals surface area contributed by atoms with Crippen LogP contribution in [-0.2, 0) is 0 Å². The first-order valence-electron chi connectivity index (χ1n) is 5.87. The second-order valence-electron chi connectivity index (χ2n) is 4.17. The molecule has 1 atom stereocenters. The Kier molecular flexibility index (Phi) is 4.35. The number of thioether (sulfide) groups is 1. The summed E-state index contributed by atoms with van der Waals surface area (Å²) in [5.41, 5.74) is 0.118. The summed E-state index contributed by atoms with van der Waals surface area (Å²) in [6, 6.07) is 1.56. The second-order valence-corrected chi connectivity index (χ2v) is 5.99. The zero-order valence-electron chi connectivity index (χ0n) is 10.1. The smallest absolute Gasteiger partial charge is 0.337 e. The van der Waals surface area contributed by atoms with Gasteiger partial charge in [0.2, 0.25) is 0 Å². The van der Waals surface area contributed by atoms with Gasteiger partial charge in [0.25, 0.3) is 0 Å². The van der Waals surface area contributed by atoms with Crippen LogP contribution >= 0.6 is 23.4 Å². The van der Waals surface area contributed by atoms with Gasteiger partial charge in [-0.1, -0.05) is 18.5 Å². The molecule has 1 unspecified atom stereocenters. The van der Waals surface area contributed by atoms with Crippen LogP contribution in [0.5, 0.6) is 0 Å². The maximum atomic E-state index is 11.0. The summed E-state index contributed by atoms with van der Waals surface area (Å²) in [4.78, 5) is 17.4. The van der Waals surface area contributed by atoms with Crippen molar-refractivity contribution in [2.24, 2.45) is 0 Å². The van der Waals surface area contributed by atoms with Crippen LogP contribution in [0, 0.1) is 0 Å². The van der Waals surface area contributed by atoms with E-state index in [2.05, 4.69) is 16.8 Å². The monoisotopic (exact) mass is 286 g/mol. The van der Waals surface area contributed by atoms with Crippen LogP contribution in [-0.4, -0.2) is 40.2 Å². The molecule has 1 aliphatic rings. The zero-order chi connectivity index (χ0) is 13.1. The van der Waals surface area contributed by atoms with E-state index in [1.54, 1.807) is 6.07 Å². The lowest BCUT2D eigenvalue weighted by atomic mass is 10.2. The molecule has 0 saturated carbocycles. The molecule has 1 aromatic heterocycles. The third-order valence-electron chi connectivity index (χ3n) is 2.99. The van der Waals surface area contributed by atoms with E-state index < -0.39 is 5.97 Å². The quantitative estimate of drug-likeness (QED) is 0.926. The summed E-state index contributed by atoms with van der Waals surface area (Å²) >= 11 is 7.78. The van der Waals surface area contributed by atoms with Crippen molar-refractivity contribution in [3.63, 3.8) is 0 Å². The number of rotatable bonds is 3. The minimum absolute atomic E-state index is 0.118. The first-order chi connectivity index (χ1) is 8.61. The molecule has 1 N–H and O–H groups in total. The van der Waals surface area contributed by atoms with Crippen LogP contribution in [0.3, 0.4) is 0 Å². The van der Waals surface area contributed by atoms with Gasteiger partial charge < -0.3 is 10.0 Å². The Morgan fingerprint density at radius 1 is 1.72 bits per heavy atom. The molecule has 4 nitrogen and oxygen atoms in total. The average molecular weight is 287 g/mol. The summed E-state index contributed by atoms with van der Waals surface area (Å²) in [5, 5.41) is 9.82. The van der Waals surface area contributed by atoms with Crippen molar-refractivity contribution < 1.29 is 9.90 Å². The highest BCUT2D eigenvalue weighted by molar-refractivity contribution is 8.00. The molecule has 0 amide bonds. The first kappa shape index (κ1) is 13.5. The van der Waals surface area contributed by atoms with E-state index in [-0.39, 0.29) is 10.6 Å². The molecule has 0 bridgehead atoms. The third kappa shape index (κ3) is 2.90. The SMILES string of the molecule is CCC1CN(c2cc(C(=O)O)c(Cl)cn2)CCS1. The van der Waals surface area contributed by atoms with E-state index in [0.717, 1.165) is 25.3 Å². The van der Waals surface area contributed by atoms with E-state index in [1.807, 2.05) is 11.8 Å². The Balaban J connectivity index is 2.22. The summed E-state index contributed by atoms with van der Waals surface area (Å²) < 4.78 is 0. The minimum atomic E-state index is -1.01. The molecule has 1 saturated heterocycles. The van der Waals surface area contributed by atoms with Gasteiger partial charge >= 0.3 is 5.97 Å². The van der Waals surface area contributed by atoms with Crippen LogP contribution in [0.2, 0.25) is 5.02 Å². The molecule has 2 heterocycles. The molecule has 1 aliphatic heterocycles. The fourth-order valence-corrected chi connectivity index (χ4v) is 3.30. The van der Waals surface area contributed by atoms with Gasteiger partial charge in [0.15, 0.2) is 0 Å². The lowest BCUT2D eigenvalue weighted by Gasteiger charge is -2.32. The summed E-state index contributed by atoms with van der Waals surface area (Å²) in [5.74, 6) is 0.739. The van der Waals surface area contributed by atoms with Crippen molar-refractivity contribution in [1.82, 2.24) is 4.98 Å². The normalized spacial score (nSPS) is 19.9. The van der Waals surface area contributed by atoms with Gasteiger partial charge in [-0.2, -0.15) is 11.8 Å². The molecule has 98 valence electrons. The van der Waals surface area contributed by atoms with Crippen LogP contribution in [0.15, 0.2) is 12.3 Å². The molecular weight excluding hydrogens is 272 g/mol. The molecule has 6 heteroatoms. The molecule has 1 aromatic rings. The van der Waals surface area contributed by atoms with E-state index in [0.29, 0.717) is 11.1 Å². The zero-order valence-corrected chi connectivity index (χ0v) is 11.7. The fraction of sp³-hybridized carbons (Fsp3) is 0.500. The van der Waals surface area contributed by atoms with Gasteiger partial charge in [-0.05, 0) is 12.5 Å². The number of carboxylic acids is 1. The van der Waals surface area contributed by atoms with Gasteiger partial charge in [-0.25, -0.2) is 9.78 Å². The highest BCUT2D eigenvalue weighted by Gasteiger charge is 2.21. The molecule has 2 rings (SSSR count). The van der Waals surface area contributed by atoms with Gasteiger partial charge in [0.1, 0.15) is 5.82 Å². The number of halogens is 1. The minimum Gasteiger partial charge on any atom is -0.478 e. The summed E-state index contributed by atoms with van der Waals surface area (Å²) in [6.45, 7) is 3.98. The van der Waals surface area contributed by atoms with E-state index in [1.165, 1.54) is 6.20 Å². The number of nitrogens with zero attached hydrogens (tertiary/aromatic N) is 2. The van der Waals surface area contributed by atoms with Crippen LogP contribution < -0.4 is 4.90 Å². The number of pyridine rings is 1. The molecule has 0 spiro atoms. The van der Waals surface area contributed by atoms with Crippen molar-refractivity contribution in [3.8, 4) is 0 Å². The number of aromatic nitrogens is 1. The Bertz CT molecular complexity index is 456. The Labute approximate surface area is 115 Å². The highest BCUT2D eigenvalue weighted by Crippen LogP contribution is 2.26. The summed E-state index contributed by atoms with van der Waals surface area (Å²) in [7, 11) is 0. The number of carbonyl (C=O) groups is 1. The topological polar surface area (TPSA) is 53.4 Å². The predicted molar refractivity (Wildman–Crippen MR) is 75.0 cm³/mol. The highest BCUT2D eigenvalue weighted by atomic mass is 35.5. The third-order valence-corrected chi connectivity index (χ3v) is 4.66. The van der Waals surface area contributed by atoms with Gasteiger partial charge in [-0.3, -0.25) is 0 Å². The molecule has 0 aromatic carbocycles. The van der Waals surface area contributed by atoms with Crippen LogP contribution in [0.1, 0.15) is 23.7 Å². The van der Waals surface area contributed by atoms with E-state index >= 15 is 0 Å². The van der Waals surface area contributed by atoms with Gasteiger partial charge in [-0.15, -0.1) is 0 Å². The Morgan fingerprint density at radius 3 is 3.17 bits per heavy atom. The number of hydrogen-bond acceptors (Lipinski definition) is 4. The van der Waals surface area contributed by atoms with E-state index in [9.17, 15) is 4.79 Å². The molecule has 1 fully saturated rings. The Morgan fingerprint density at radius 2 is 2.50 bits per heavy atom. The van der Waals surface area contributed by atoms with Crippen molar-refractivity contribution in [3.05, 3.63) is 22.8 Å². The standard InChI is InChI=1S/C12H15ClN2O2S/c1-2-8-7-15(3-4-18-8)11-5-9(12(16)17)10(13)6-14-11/h5-6,8H,2-4,7H2,1H3,(H,16,17). The maximum absolute atomic E-state index is 11.0. The van der Waals surface area contributed by atoms with Crippen molar-refractivity contribution in [2.45, 2.75) is 18.6 Å². The van der Waals surface area contributed by atoms with Crippen molar-refractivity contribution >= 4 is 35.1 Å². The van der Waals surface area contributed by atoms with Crippen molar-refractivity contribution in [2.75, 3.05) is 23.7 Å². The number of anilines is 1. The second kappa shape index (κ2) is 5.80. The fourth-order valence-electron chi connectivity index (χ4n) is 1.94. The van der Waals surface area contributed by atoms with Crippen LogP contribution in [0.4, 0.5) is 5.82 Å². The van der Waals surface area contributed by atoms with Crippen LogP contribution in [0.25, 0.3) is 0 Å². The maximum Gasteiger partial charge on any atom is 0.337 e. The Hall–Kier alpha value is -0.940. The number of hydrogen-bond donors (Lipinski definition) is 1. The van der Waals surface area contributed by atoms with Gasteiger partial charge in [0.05, 0.1) is 10.6 Å². The molecular formula is C12H15ClN2O2S. The van der Waals surface area contributed by atoms with E-state index in [4.69, 9.17) is 16.7 Å². The van der Waals surface area contributed by atoms with Crippen molar-refractivity contribution in [1.29, 1.82) is 0 Å².